The van der Waals surface area contributed by atoms with Gasteiger partial charge in [-0.15, -0.1) is 0 Å². The molecule has 0 bridgehead atoms. The number of carbonyl (C=O) groups excluding carboxylic acids is 2. The van der Waals surface area contributed by atoms with Crippen molar-refractivity contribution in [2.45, 2.75) is 32.9 Å². The van der Waals surface area contributed by atoms with Crippen molar-refractivity contribution in [1.82, 2.24) is 10.2 Å². The lowest BCUT2D eigenvalue weighted by Crippen LogP contribution is -2.52. The van der Waals surface area contributed by atoms with Crippen LogP contribution in [0.5, 0.6) is 5.75 Å². The summed E-state index contributed by atoms with van der Waals surface area (Å²) in [6.45, 7) is 4.58. The predicted octanol–water partition coefficient (Wildman–Crippen LogP) is 5.89. The molecule has 0 aliphatic carbocycles. The van der Waals surface area contributed by atoms with E-state index in [4.69, 9.17) is 16.3 Å². The third-order valence-electron chi connectivity index (χ3n) is 5.43. The van der Waals surface area contributed by atoms with E-state index in [0.29, 0.717) is 23.7 Å². The van der Waals surface area contributed by atoms with E-state index in [1.807, 2.05) is 74.5 Å². The minimum atomic E-state index is -0.728. The van der Waals surface area contributed by atoms with Crippen molar-refractivity contribution in [3.8, 4) is 5.75 Å². The lowest BCUT2D eigenvalue weighted by molar-refractivity contribution is -0.142. The van der Waals surface area contributed by atoms with Gasteiger partial charge in [0, 0.05) is 29.0 Å². The minimum Gasteiger partial charge on any atom is -0.484 e. The number of hydrogen-bond donors (Lipinski definition) is 1. The van der Waals surface area contributed by atoms with Crippen LogP contribution in [0.2, 0.25) is 5.02 Å². The van der Waals surface area contributed by atoms with Crippen molar-refractivity contribution < 1.29 is 14.3 Å². The number of halogens is 2. The van der Waals surface area contributed by atoms with Gasteiger partial charge in [-0.2, -0.15) is 0 Å². The van der Waals surface area contributed by atoms with Crippen LogP contribution in [0.4, 0.5) is 0 Å². The number of rotatable bonds is 11. The summed E-state index contributed by atoms with van der Waals surface area (Å²) in [6, 6.07) is 23.6. The molecule has 0 aliphatic heterocycles. The first-order chi connectivity index (χ1) is 16.8. The number of ether oxygens (including phenoxy) is 1. The number of nitrogens with zero attached hydrogens (tertiary/aromatic N) is 1. The Balaban J connectivity index is 1.90. The van der Waals surface area contributed by atoms with Crippen LogP contribution in [0.3, 0.4) is 0 Å². The van der Waals surface area contributed by atoms with Crippen molar-refractivity contribution in [1.29, 1.82) is 0 Å². The highest BCUT2D eigenvalue weighted by atomic mass is 79.9. The Kier molecular flexibility index (Phi) is 10.2. The average molecular weight is 558 g/mol. The van der Waals surface area contributed by atoms with E-state index >= 15 is 0 Å². The van der Waals surface area contributed by atoms with Crippen molar-refractivity contribution in [3.05, 3.63) is 99.5 Å². The van der Waals surface area contributed by atoms with Crippen molar-refractivity contribution >= 4 is 39.3 Å². The fourth-order valence-corrected chi connectivity index (χ4v) is 4.01. The Morgan fingerprint density at radius 1 is 0.971 bits per heavy atom. The molecule has 0 aliphatic rings. The van der Waals surface area contributed by atoms with E-state index in [-0.39, 0.29) is 30.9 Å². The molecule has 0 aromatic heterocycles. The smallest absolute Gasteiger partial charge is 0.261 e. The molecule has 0 spiro atoms. The second-order valence-corrected chi connectivity index (χ2v) is 10.0. The second-order valence-electron chi connectivity index (χ2n) is 8.70. The molecule has 0 heterocycles. The molecule has 3 rings (SSSR count). The van der Waals surface area contributed by atoms with E-state index < -0.39 is 6.04 Å². The fourth-order valence-electron chi connectivity index (χ4n) is 3.55. The third kappa shape index (κ3) is 8.41. The lowest BCUT2D eigenvalue weighted by Gasteiger charge is -2.32. The highest BCUT2D eigenvalue weighted by Crippen LogP contribution is 2.21. The van der Waals surface area contributed by atoms with Gasteiger partial charge in [-0.3, -0.25) is 9.59 Å². The van der Waals surface area contributed by atoms with Crippen LogP contribution in [0.25, 0.3) is 0 Å². The normalized spacial score (nSPS) is 11.7. The number of benzene rings is 3. The molecule has 1 unspecified atom stereocenters. The van der Waals surface area contributed by atoms with Crippen molar-refractivity contribution in [2.24, 2.45) is 5.92 Å². The Morgan fingerprint density at radius 2 is 1.63 bits per heavy atom. The van der Waals surface area contributed by atoms with Gasteiger partial charge >= 0.3 is 0 Å². The predicted molar refractivity (Wildman–Crippen MR) is 143 cm³/mol. The maximum absolute atomic E-state index is 13.5. The lowest BCUT2D eigenvalue weighted by atomic mass is 10.0. The number of amides is 2. The van der Waals surface area contributed by atoms with Gasteiger partial charge in [0.15, 0.2) is 6.61 Å². The van der Waals surface area contributed by atoms with E-state index in [2.05, 4.69) is 21.2 Å². The molecule has 3 aromatic carbocycles. The Morgan fingerprint density at radius 3 is 2.29 bits per heavy atom. The molecule has 2 amide bonds. The van der Waals surface area contributed by atoms with Gasteiger partial charge in [-0.05, 0) is 47.4 Å². The molecular weight excluding hydrogens is 528 g/mol. The van der Waals surface area contributed by atoms with E-state index in [1.54, 1.807) is 23.1 Å². The maximum Gasteiger partial charge on any atom is 0.261 e. The van der Waals surface area contributed by atoms with Gasteiger partial charge in [0.05, 0.1) is 0 Å². The van der Waals surface area contributed by atoms with Gasteiger partial charge in [-0.1, -0.05) is 89.9 Å². The van der Waals surface area contributed by atoms with Crippen LogP contribution in [-0.4, -0.2) is 35.9 Å². The van der Waals surface area contributed by atoms with E-state index in [9.17, 15) is 9.59 Å². The molecule has 1 atom stereocenters. The summed E-state index contributed by atoms with van der Waals surface area (Å²) in [6.07, 6.45) is 0.374. The van der Waals surface area contributed by atoms with Crippen LogP contribution in [0.15, 0.2) is 83.3 Å². The molecule has 0 saturated carbocycles. The third-order valence-corrected chi connectivity index (χ3v) is 6.33. The van der Waals surface area contributed by atoms with Crippen LogP contribution in [0.1, 0.15) is 25.0 Å². The molecule has 1 N–H and O–H groups in total. The van der Waals surface area contributed by atoms with Crippen molar-refractivity contribution in [3.63, 3.8) is 0 Å². The maximum atomic E-state index is 13.5. The zero-order chi connectivity index (χ0) is 25.2. The average Bonchev–Trinajstić information content (AvgIpc) is 2.85. The summed E-state index contributed by atoms with van der Waals surface area (Å²) >= 11 is 9.83. The first kappa shape index (κ1) is 26.8. The molecule has 7 heteroatoms. The van der Waals surface area contributed by atoms with Crippen LogP contribution < -0.4 is 10.1 Å². The summed E-state index contributed by atoms with van der Waals surface area (Å²) in [5.74, 6) is 0.355. The van der Waals surface area contributed by atoms with Crippen LogP contribution in [-0.2, 0) is 22.6 Å². The zero-order valence-corrected chi connectivity index (χ0v) is 22.3. The molecule has 5 nitrogen and oxygen atoms in total. The van der Waals surface area contributed by atoms with Crippen LogP contribution in [0, 0.1) is 5.92 Å². The van der Waals surface area contributed by atoms with Crippen molar-refractivity contribution in [2.75, 3.05) is 13.2 Å². The summed E-state index contributed by atoms with van der Waals surface area (Å²) in [5, 5.41) is 3.55. The van der Waals surface area contributed by atoms with E-state index in [0.717, 1.165) is 15.6 Å². The summed E-state index contributed by atoms with van der Waals surface area (Å²) in [4.78, 5) is 28.5. The second kappa shape index (κ2) is 13.3. The van der Waals surface area contributed by atoms with Gasteiger partial charge in [0.25, 0.3) is 5.91 Å². The SMILES string of the molecule is CC(C)CNC(=O)C(Cc1ccccc1)N(Cc1ccccc1Cl)C(=O)COc1ccc(Br)cc1. The fraction of sp³-hybridized carbons (Fsp3) is 0.286. The Bertz CT molecular complexity index is 1110. The minimum absolute atomic E-state index is 0.189. The molecule has 3 aromatic rings. The number of carbonyl (C=O) groups is 2. The zero-order valence-electron chi connectivity index (χ0n) is 19.9. The topological polar surface area (TPSA) is 58.6 Å². The summed E-state index contributed by atoms with van der Waals surface area (Å²) < 4.78 is 6.69. The first-order valence-corrected chi connectivity index (χ1v) is 12.7. The molecule has 35 heavy (non-hydrogen) atoms. The summed E-state index contributed by atoms with van der Waals surface area (Å²) in [7, 11) is 0. The monoisotopic (exact) mass is 556 g/mol. The quantitative estimate of drug-likeness (QED) is 0.320. The molecular formula is C28H30BrClN2O3. The van der Waals surface area contributed by atoms with E-state index in [1.165, 1.54) is 0 Å². The largest absolute Gasteiger partial charge is 0.484 e. The highest BCUT2D eigenvalue weighted by molar-refractivity contribution is 9.10. The Labute approximate surface area is 220 Å². The van der Waals surface area contributed by atoms with Gasteiger partial charge in [0.1, 0.15) is 11.8 Å². The molecule has 0 saturated heterocycles. The number of nitrogens with one attached hydrogen (secondary N) is 1. The molecule has 184 valence electrons. The van der Waals surface area contributed by atoms with Gasteiger partial charge in [0.2, 0.25) is 5.91 Å². The summed E-state index contributed by atoms with van der Waals surface area (Å²) in [5.41, 5.74) is 1.73. The van der Waals surface area contributed by atoms with Crippen LogP contribution >= 0.6 is 27.5 Å². The number of hydrogen-bond acceptors (Lipinski definition) is 3. The standard InChI is InChI=1S/C28H30BrClN2O3/c1-20(2)17-31-28(34)26(16-21-8-4-3-5-9-21)32(18-22-10-6-7-11-25(22)30)27(33)19-35-24-14-12-23(29)13-15-24/h3-15,20,26H,16-19H2,1-2H3,(H,31,34). The molecule has 0 radical (unpaired) electrons. The Hall–Kier alpha value is -2.83. The van der Waals surface area contributed by atoms with Gasteiger partial charge in [-0.25, -0.2) is 0 Å². The highest BCUT2D eigenvalue weighted by Gasteiger charge is 2.31. The molecule has 0 fully saturated rings. The first-order valence-electron chi connectivity index (χ1n) is 11.6. The van der Waals surface area contributed by atoms with Gasteiger partial charge < -0.3 is 15.0 Å².